The van der Waals surface area contributed by atoms with Crippen LogP contribution in [0.1, 0.15) is 1.43 Å². The van der Waals surface area contributed by atoms with Gasteiger partial charge < -0.3 is 10.2 Å². The van der Waals surface area contributed by atoms with Crippen molar-refractivity contribution < 1.29 is 5.84 Å². The smallest absolute Gasteiger partial charge is 0.464 e. The van der Waals surface area contributed by atoms with Gasteiger partial charge in [0.15, 0.2) is 0 Å². The molecule has 0 aliphatic carbocycles. The third-order valence-electron chi connectivity index (χ3n) is 1.48. The molecule has 0 atom stereocenters. The van der Waals surface area contributed by atoms with E-state index in [1.807, 2.05) is 24.3 Å². The first-order valence-corrected chi connectivity index (χ1v) is 3.09. The molecule has 0 aliphatic rings. The first-order valence-electron chi connectivity index (χ1n) is 3.09. The Kier molecular flexibility index (Phi) is 0.947. The minimum absolute atomic E-state index is 0. The van der Waals surface area contributed by atoms with Crippen LogP contribution in [0.4, 0.5) is 5.69 Å². The molecule has 2 rings (SSSR count). The van der Waals surface area contributed by atoms with Crippen molar-refractivity contribution in [3.05, 3.63) is 30.5 Å². The first-order chi connectivity index (χ1) is 4.86. The standard InChI is InChI=1S/C8H7NO/c9-7-2-1-6-3-4-10-8(6)5-7/h1-5H,9H2/p+1. The second kappa shape index (κ2) is 1.77. The number of hydrogen-bond donors (Lipinski definition) is 1. The van der Waals surface area contributed by atoms with Crippen LogP contribution in [0.2, 0.25) is 0 Å². The monoisotopic (exact) mass is 134 g/mol. The Morgan fingerprint density at radius 3 is 3.10 bits per heavy atom. The molecule has 50 valence electrons. The zero-order valence-corrected chi connectivity index (χ0v) is 5.37. The number of fused-ring (bicyclic) bond motifs is 1. The second-order valence-electron chi connectivity index (χ2n) is 2.22. The lowest BCUT2D eigenvalue weighted by atomic mass is 10.2. The molecule has 2 nitrogen and oxygen atoms in total. The van der Waals surface area contributed by atoms with E-state index >= 15 is 0 Å². The predicted octanol–water partition coefficient (Wildman–Crippen LogP) is 2.13. The van der Waals surface area contributed by atoms with Crippen LogP contribution in [-0.2, 0) is 0 Å². The van der Waals surface area contributed by atoms with Crippen molar-refractivity contribution >= 4 is 16.7 Å². The molecule has 1 heterocycles. The van der Waals surface area contributed by atoms with Gasteiger partial charge in [0.1, 0.15) is 5.58 Å². The highest BCUT2D eigenvalue weighted by molar-refractivity contribution is 5.80. The highest BCUT2D eigenvalue weighted by atomic mass is 16.3. The maximum atomic E-state index is 5.52. The molecule has 2 aromatic rings. The van der Waals surface area contributed by atoms with Crippen LogP contribution in [0.25, 0.3) is 11.0 Å². The molecule has 0 aliphatic heterocycles. The van der Waals surface area contributed by atoms with Crippen molar-refractivity contribution in [3.8, 4) is 0 Å². The Balaban J connectivity index is 0.000000605. The SMILES string of the molecule is Nc1ccc2ccoc2c1.[H+]. The summed E-state index contributed by atoms with van der Waals surface area (Å²) in [5.41, 5.74) is 7.11. The number of benzene rings is 1. The largest absolute Gasteiger partial charge is 1.00 e. The highest BCUT2D eigenvalue weighted by Crippen LogP contribution is 2.17. The van der Waals surface area contributed by atoms with E-state index in [0.29, 0.717) is 0 Å². The molecule has 0 fully saturated rings. The molecule has 0 amide bonds. The van der Waals surface area contributed by atoms with Gasteiger partial charge in [0.25, 0.3) is 0 Å². The summed E-state index contributed by atoms with van der Waals surface area (Å²) >= 11 is 0. The molecule has 0 radical (unpaired) electrons. The van der Waals surface area contributed by atoms with Crippen molar-refractivity contribution in [3.63, 3.8) is 0 Å². The molecule has 10 heavy (non-hydrogen) atoms. The molecule has 1 aromatic heterocycles. The summed E-state index contributed by atoms with van der Waals surface area (Å²) in [7, 11) is 0. The second-order valence-corrected chi connectivity index (χ2v) is 2.22. The van der Waals surface area contributed by atoms with Crippen LogP contribution in [-0.4, -0.2) is 0 Å². The van der Waals surface area contributed by atoms with Crippen molar-refractivity contribution in [2.75, 3.05) is 5.73 Å². The lowest BCUT2D eigenvalue weighted by molar-refractivity contribution is 0.616. The Hall–Kier alpha value is -1.44. The van der Waals surface area contributed by atoms with Crippen molar-refractivity contribution in [1.29, 1.82) is 0 Å². The zero-order valence-electron chi connectivity index (χ0n) is 6.37. The highest BCUT2D eigenvalue weighted by Gasteiger charge is 1.93. The number of anilines is 1. The summed E-state index contributed by atoms with van der Waals surface area (Å²) in [5.74, 6) is 0. The van der Waals surface area contributed by atoms with Gasteiger partial charge in [-0.25, -0.2) is 0 Å². The number of furan rings is 1. The van der Waals surface area contributed by atoms with Gasteiger partial charge in [-0.2, -0.15) is 0 Å². The third kappa shape index (κ3) is 0.658. The summed E-state index contributed by atoms with van der Waals surface area (Å²) in [5, 5.41) is 1.09. The van der Waals surface area contributed by atoms with Gasteiger partial charge in [0.05, 0.1) is 6.26 Å². The van der Waals surface area contributed by atoms with E-state index in [4.69, 9.17) is 10.2 Å². The van der Waals surface area contributed by atoms with Gasteiger partial charge in [-0.05, 0) is 18.2 Å². The predicted molar refractivity (Wildman–Crippen MR) is 41.7 cm³/mol. The number of rotatable bonds is 0. The fraction of sp³-hybridized carbons (Fsp3) is 0. The van der Waals surface area contributed by atoms with Gasteiger partial charge in [-0.3, -0.25) is 0 Å². The van der Waals surface area contributed by atoms with Crippen molar-refractivity contribution in [2.45, 2.75) is 0 Å². The molecule has 2 heteroatoms. The van der Waals surface area contributed by atoms with Crippen molar-refractivity contribution in [2.24, 2.45) is 0 Å². The van der Waals surface area contributed by atoms with Gasteiger partial charge >= 0.3 is 1.43 Å². The molecule has 2 N–H and O–H groups in total. The van der Waals surface area contributed by atoms with Crippen LogP contribution >= 0.6 is 0 Å². The molecule has 0 unspecified atom stereocenters. The summed E-state index contributed by atoms with van der Waals surface area (Å²) in [6, 6.07) is 7.52. The Labute approximate surface area is 59.7 Å². The number of nitrogen functional groups attached to an aromatic ring is 1. The normalized spacial score (nSPS) is 10.4. The van der Waals surface area contributed by atoms with E-state index < -0.39 is 0 Å². The Morgan fingerprint density at radius 2 is 2.20 bits per heavy atom. The molecule has 0 spiro atoms. The maximum Gasteiger partial charge on any atom is 1.00 e. The average Bonchev–Trinajstić information content (AvgIpc) is 2.33. The quantitative estimate of drug-likeness (QED) is 0.560. The maximum absolute atomic E-state index is 5.52. The lowest BCUT2D eigenvalue weighted by Crippen LogP contribution is -1.80. The molecular weight excluding hydrogens is 126 g/mol. The van der Waals surface area contributed by atoms with E-state index in [1.165, 1.54) is 0 Å². The fourth-order valence-electron chi connectivity index (χ4n) is 0.971. The molecule has 1 aromatic carbocycles. The van der Waals surface area contributed by atoms with E-state index in [9.17, 15) is 0 Å². The van der Waals surface area contributed by atoms with Gasteiger partial charge in [0.2, 0.25) is 0 Å². The summed E-state index contributed by atoms with van der Waals surface area (Å²) in [6.45, 7) is 0. The lowest BCUT2D eigenvalue weighted by Gasteiger charge is -1.89. The summed E-state index contributed by atoms with van der Waals surface area (Å²) < 4.78 is 5.12. The van der Waals surface area contributed by atoms with E-state index in [0.717, 1.165) is 16.7 Å². The molecule has 0 bridgehead atoms. The van der Waals surface area contributed by atoms with Crippen LogP contribution in [0, 0.1) is 0 Å². The third-order valence-corrected chi connectivity index (χ3v) is 1.48. The number of nitrogens with two attached hydrogens (primary N) is 1. The van der Waals surface area contributed by atoms with Gasteiger partial charge in [-0.1, -0.05) is 0 Å². The van der Waals surface area contributed by atoms with Crippen LogP contribution in [0.3, 0.4) is 0 Å². The topological polar surface area (TPSA) is 39.2 Å². The Morgan fingerprint density at radius 1 is 1.30 bits per heavy atom. The zero-order chi connectivity index (χ0) is 6.97. The van der Waals surface area contributed by atoms with E-state index in [2.05, 4.69) is 0 Å². The van der Waals surface area contributed by atoms with Crippen LogP contribution in [0.5, 0.6) is 0 Å². The molecule has 0 saturated carbocycles. The number of hydrogen-bond acceptors (Lipinski definition) is 2. The first kappa shape index (κ1) is 5.35. The van der Waals surface area contributed by atoms with Crippen LogP contribution < -0.4 is 5.73 Å². The van der Waals surface area contributed by atoms with E-state index in [-0.39, 0.29) is 1.43 Å². The van der Waals surface area contributed by atoms with Crippen LogP contribution in [0.15, 0.2) is 34.9 Å². The van der Waals surface area contributed by atoms with Gasteiger partial charge in [-0.15, -0.1) is 0 Å². The minimum Gasteiger partial charge on any atom is -0.464 e. The fourth-order valence-corrected chi connectivity index (χ4v) is 0.971. The van der Waals surface area contributed by atoms with Crippen molar-refractivity contribution in [1.82, 2.24) is 0 Å². The summed E-state index contributed by atoms with van der Waals surface area (Å²) in [6.07, 6.45) is 1.66. The molecule has 0 saturated heterocycles. The Bertz CT molecular complexity index is 356. The van der Waals surface area contributed by atoms with E-state index in [1.54, 1.807) is 6.26 Å². The average molecular weight is 134 g/mol. The molecular formula is C8H8NO+. The minimum atomic E-state index is 0. The van der Waals surface area contributed by atoms with Gasteiger partial charge in [0, 0.05) is 17.1 Å². The summed E-state index contributed by atoms with van der Waals surface area (Å²) in [4.78, 5) is 0.